The third-order valence-electron chi connectivity index (χ3n) is 1.35. The van der Waals surface area contributed by atoms with E-state index in [2.05, 4.69) is 15.9 Å². The first-order valence-electron chi connectivity index (χ1n) is 2.85. The summed E-state index contributed by atoms with van der Waals surface area (Å²) >= 11 is 7.39. The summed E-state index contributed by atoms with van der Waals surface area (Å²) in [7, 11) is 0. The number of thioether (sulfide) groups is 2. The summed E-state index contributed by atoms with van der Waals surface area (Å²) in [5.74, 6) is 0. The van der Waals surface area contributed by atoms with E-state index < -0.39 is 0 Å². The maximum Gasteiger partial charge on any atom is 0.232 e. The van der Waals surface area contributed by atoms with Gasteiger partial charge in [-0.2, -0.15) is 0 Å². The Kier molecular flexibility index (Phi) is 2.43. The number of hydrogen-bond acceptors (Lipinski definition) is 4. The van der Waals surface area contributed by atoms with Crippen molar-refractivity contribution in [3.8, 4) is 0 Å². The molecule has 0 aromatic rings. The molecule has 0 atom stereocenters. The molecule has 62 valence electrons. The minimum absolute atomic E-state index is 0.00540. The molecule has 2 nitrogen and oxygen atoms in total. The highest BCUT2D eigenvalue weighted by Crippen LogP contribution is 2.54. The third-order valence-corrected chi connectivity index (χ3v) is 6.53. The molecule has 0 spiro atoms. The Bertz CT molecular complexity index is 336. The smallest absolute Gasteiger partial charge is 0.232 e. The predicted octanol–water partition coefficient (Wildman–Crippen LogP) is 2.79. The fourth-order valence-electron chi connectivity index (χ4n) is 0.842. The summed E-state index contributed by atoms with van der Waals surface area (Å²) in [4.78, 5) is 23.9. The van der Waals surface area contributed by atoms with Crippen molar-refractivity contribution in [3.63, 3.8) is 0 Å². The Labute approximate surface area is 98.9 Å². The number of halogens is 2. The first-order chi connectivity index (χ1) is 5.61. The molecule has 6 heteroatoms. The lowest BCUT2D eigenvalue weighted by atomic mass is 10.4. The third kappa shape index (κ3) is 1.23. The van der Waals surface area contributed by atoms with Crippen molar-refractivity contribution in [1.29, 1.82) is 0 Å². The zero-order valence-electron chi connectivity index (χ0n) is 5.39. The maximum atomic E-state index is 11.2. The Balaban J connectivity index is 2.59. The molecule has 0 aliphatic carbocycles. The van der Waals surface area contributed by atoms with E-state index in [4.69, 9.17) is 0 Å². The van der Waals surface area contributed by atoms with E-state index >= 15 is 0 Å². The van der Waals surface area contributed by atoms with E-state index in [9.17, 15) is 9.59 Å². The zero-order valence-corrected chi connectivity index (χ0v) is 10.8. The summed E-state index contributed by atoms with van der Waals surface area (Å²) in [6, 6.07) is 0. The monoisotopic (exact) mass is 374 g/mol. The minimum Gasteiger partial charge on any atom is -0.281 e. The molecule has 0 aromatic heterocycles. The molecular formula is C6BrIO2S2. The first-order valence-corrected chi connectivity index (χ1v) is 6.36. The van der Waals surface area contributed by atoms with E-state index in [0.717, 1.165) is 33.3 Å². The van der Waals surface area contributed by atoms with Crippen molar-refractivity contribution in [1.82, 2.24) is 0 Å². The molecule has 12 heavy (non-hydrogen) atoms. The second-order valence-electron chi connectivity index (χ2n) is 2.07. The summed E-state index contributed by atoms with van der Waals surface area (Å²) in [5.41, 5.74) is 0. The number of fused-ring (bicyclic) bond motifs is 1. The van der Waals surface area contributed by atoms with Gasteiger partial charge in [-0.3, -0.25) is 9.59 Å². The topological polar surface area (TPSA) is 34.1 Å². The van der Waals surface area contributed by atoms with Crippen LogP contribution in [0.1, 0.15) is 0 Å². The van der Waals surface area contributed by atoms with E-state index in [0.29, 0.717) is 8.06 Å². The van der Waals surface area contributed by atoms with Crippen molar-refractivity contribution < 1.29 is 9.59 Å². The highest BCUT2D eigenvalue weighted by atomic mass is 127. The second kappa shape index (κ2) is 3.14. The molecule has 0 amide bonds. The lowest BCUT2D eigenvalue weighted by molar-refractivity contribution is -0.107. The van der Waals surface area contributed by atoms with Crippen LogP contribution in [0.3, 0.4) is 0 Å². The largest absolute Gasteiger partial charge is 0.281 e. The van der Waals surface area contributed by atoms with Crippen LogP contribution in [0.5, 0.6) is 0 Å². The van der Waals surface area contributed by atoms with E-state index in [1.165, 1.54) is 0 Å². The second-order valence-corrected chi connectivity index (χ2v) is 5.90. The fourth-order valence-corrected chi connectivity index (χ4v) is 4.66. The Hall–Kier alpha value is 0.730. The van der Waals surface area contributed by atoms with Gasteiger partial charge in [0.05, 0.1) is 8.06 Å². The van der Waals surface area contributed by atoms with Crippen molar-refractivity contribution >= 4 is 72.3 Å². The summed E-state index contributed by atoms with van der Waals surface area (Å²) in [6.45, 7) is 0. The van der Waals surface area contributed by atoms with Crippen LogP contribution in [0.25, 0.3) is 0 Å². The standard InChI is InChI=1S/C6BrIO2S2/c7-1-3-4(12-5(1)9)2(8)6(10)11-3. The van der Waals surface area contributed by atoms with Crippen LogP contribution in [0.4, 0.5) is 0 Å². The normalized spacial score (nSPS) is 22.8. The Morgan fingerprint density at radius 1 is 1.08 bits per heavy atom. The van der Waals surface area contributed by atoms with Gasteiger partial charge in [0, 0.05) is 9.81 Å². The number of hydrogen-bond donors (Lipinski definition) is 0. The molecule has 2 rings (SSSR count). The maximum absolute atomic E-state index is 11.2. The van der Waals surface area contributed by atoms with Gasteiger partial charge in [0.2, 0.25) is 10.2 Å². The van der Waals surface area contributed by atoms with Gasteiger partial charge < -0.3 is 0 Å². The summed E-state index contributed by atoms with van der Waals surface area (Å²) in [5, 5.41) is 0.0340. The minimum atomic E-state index is -0.00540. The Morgan fingerprint density at radius 2 is 1.67 bits per heavy atom. The van der Waals surface area contributed by atoms with Crippen molar-refractivity contribution in [2.45, 2.75) is 0 Å². The molecule has 2 aliphatic heterocycles. The molecule has 0 aromatic carbocycles. The van der Waals surface area contributed by atoms with Crippen LogP contribution in [0.2, 0.25) is 0 Å². The SMILES string of the molecule is O=C1SC2=C(I)C(=O)SC2=C1Br. The van der Waals surface area contributed by atoms with Crippen molar-refractivity contribution in [2.75, 3.05) is 0 Å². The van der Waals surface area contributed by atoms with Crippen LogP contribution in [-0.2, 0) is 9.59 Å². The van der Waals surface area contributed by atoms with E-state index in [1.54, 1.807) is 0 Å². The van der Waals surface area contributed by atoms with Crippen LogP contribution in [0, 0.1) is 0 Å². The quantitative estimate of drug-likeness (QED) is 0.610. The van der Waals surface area contributed by atoms with Gasteiger partial charge in [0.15, 0.2) is 0 Å². The van der Waals surface area contributed by atoms with Crippen LogP contribution in [-0.4, -0.2) is 10.2 Å². The van der Waals surface area contributed by atoms with Crippen LogP contribution in [0.15, 0.2) is 17.9 Å². The van der Waals surface area contributed by atoms with Gasteiger partial charge in [-0.15, -0.1) is 0 Å². The fraction of sp³-hybridized carbons (Fsp3) is 0. The highest BCUT2D eigenvalue weighted by Gasteiger charge is 2.37. The van der Waals surface area contributed by atoms with Crippen LogP contribution >= 0.6 is 62.0 Å². The van der Waals surface area contributed by atoms with Gasteiger partial charge in [0.25, 0.3) is 0 Å². The number of carbonyl (C=O) groups excluding carboxylic acids is 2. The van der Waals surface area contributed by atoms with Crippen LogP contribution < -0.4 is 0 Å². The molecule has 2 aliphatic rings. The molecule has 0 saturated heterocycles. The summed E-state index contributed by atoms with van der Waals surface area (Å²) in [6.07, 6.45) is 0. The highest BCUT2D eigenvalue weighted by molar-refractivity contribution is 14.1. The molecule has 0 N–H and O–H groups in total. The molecule has 0 saturated carbocycles. The Morgan fingerprint density at radius 3 is 2.25 bits per heavy atom. The number of carbonyl (C=O) groups is 2. The molecule has 0 bridgehead atoms. The molecule has 2 heterocycles. The van der Waals surface area contributed by atoms with Gasteiger partial charge in [0.1, 0.15) is 0 Å². The lowest BCUT2D eigenvalue weighted by Crippen LogP contribution is -1.86. The van der Waals surface area contributed by atoms with E-state index in [-0.39, 0.29) is 10.2 Å². The average Bonchev–Trinajstić information content (AvgIpc) is 2.43. The molecule has 0 unspecified atom stereocenters. The number of rotatable bonds is 0. The first kappa shape index (κ1) is 9.29. The van der Waals surface area contributed by atoms with Gasteiger partial charge in [-0.1, -0.05) is 0 Å². The summed E-state index contributed by atoms with van der Waals surface area (Å²) < 4.78 is 1.20. The average molecular weight is 375 g/mol. The van der Waals surface area contributed by atoms with Crippen molar-refractivity contribution in [3.05, 3.63) is 17.9 Å². The van der Waals surface area contributed by atoms with E-state index in [1.807, 2.05) is 22.6 Å². The van der Waals surface area contributed by atoms with Gasteiger partial charge >= 0.3 is 0 Å². The molecule has 0 fully saturated rings. The molecule has 0 radical (unpaired) electrons. The lowest BCUT2D eigenvalue weighted by Gasteiger charge is -1.87. The van der Waals surface area contributed by atoms with Gasteiger partial charge in [-0.25, -0.2) is 0 Å². The van der Waals surface area contributed by atoms with Gasteiger partial charge in [-0.05, 0) is 62.0 Å². The van der Waals surface area contributed by atoms with Crippen molar-refractivity contribution in [2.24, 2.45) is 0 Å². The molecular weight excluding hydrogens is 375 g/mol. The predicted molar refractivity (Wildman–Crippen MR) is 62.2 cm³/mol. The zero-order chi connectivity index (χ0) is 8.88.